The number of nitrogens with zero attached hydrogens (tertiary/aromatic N) is 2. The van der Waals surface area contributed by atoms with Gasteiger partial charge in [0, 0.05) is 13.1 Å². The first-order valence-electron chi connectivity index (χ1n) is 9.47. The van der Waals surface area contributed by atoms with E-state index >= 15 is 0 Å². The lowest BCUT2D eigenvalue weighted by Crippen LogP contribution is -2.63. The molecule has 0 bridgehead atoms. The summed E-state index contributed by atoms with van der Waals surface area (Å²) < 4.78 is 26.6. The van der Waals surface area contributed by atoms with Crippen molar-refractivity contribution in [1.82, 2.24) is 9.21 Å². The van der Waals surface area contributed by atoms with Gasteiger partial charge in [-0.3, -0.25) is 14.5 Å². The lowest BCUT2D eigenvalue weighted by molar-refractivity contribution is -0.145. The number of amides is 2. The van der Waals surface area contributed by atoms with Crippen LogP contribution in [0.4, 0.5) is 0 Å². The van der Waals surface area contributed by atoms with Gasteiger partial charge in [-0.05, 0) is 31.6 Å². The molecule has 7 heteroatoms. The molecule has 0 N–H and O–H groups in total. The number of imide groups is 1. The molecule has 25 heavy (non-hydrogen) atoms. The predicted molar refractivity (Wildman–Crippen MR) is 92.9 cm³/mol. The molecule has 2 saturated heterocycles. The molecule has 0 aromatic rings. The summed E-state index contributed by atoms with van der Waals surface area (Å²) in [7, 11) is -3.27. The second-order valence-electron chi connectivity index (χ2n) is 7.96. The fourth-order valence-corrected chi connectivity index (χ4v) is 6.69. The average Bonchev–Trinajstić information content (AvgIpc) is 2.79. The van der Waals surface area contributed by atoms with E-state index in [9.17, 15) is 18.0 Å². The Morgan fingerprint density at radius 2 is 1.48 bits per heavy atom. The summed E-state index contributed by atoms with van der Waals surface area (Å²) in [5.74, 6) is -0.184. The van der Waals surface area contributed by atoms with Gasteiger partial charge in [0.15, 0.2) is 0 Å². The molecule has 2 amide bonds. The summed E-state index contributed by atoms with van der Waals surface area (Å²) >= 11 is 0. The number of likely N-dealkylation sites (tertiary alicyclic amines) is 1. The Hall–Kier alpha value is -1.21. The van der Waals surface area contributed by atoms with Gasteiger partial charge >= 0.3 is 0 Å². The van der Waals surface area contributed by atoms with E-state index in [0.717, 1.165) is 25.7 Å². The van der Waals surface area contributed by atoms with Gasteiger partial charge in [-0.1, -0.05) is 31.4 Å². The standard InChI is InChI=1S/C18H26N2O4S/c21-17-15-8-4-5-9-16(15)18(22)20(17)14-10-19(11-14)25(23,24)12-13-6-2-1-3-7-13/h4-5,13-16H,1-3,6-12H2. The molecule has 3 fully saturated rings. The second kappa shape index (κ2) is 6.50. The highest BCUT2D eigenvalue weighted by molar-refractivity contribution is 7.89. The average molecular weight is 366 g/mol. The second-order valence-corrected chi connectivity index (χ2v) is 9.97. The van der Waals surface area contributed by atoms with Crippen molar-refractivity contribution in [3.8, 4) is 0 Å². The topological polar surface area (TPSA) is 74.8 Å². The van der Waals surface area contributed by atoms with Crippen LogP contribution in [0.3, 0.4) is 0 Å². The molecular formula is C18H26N2O4S. The van der Waals surface area contributed by atoms with E-state index in [1.165, 1.54) is 15.6 Å². The number of sulfonamides is 1. The normalized spacial score (nSPS) is 32.1. The molecule has 2 unspecified atom stereocenters. The van der Waals surface area contributed by atoms with Crippen LogP contribution in [-0.2, 0) is 19.6 Å². The number of allylic oxidation sites excluding steroid dienone is 2. The van der Waals surface area contributed by atoms with Crippen molar-refractivity contribution < 1.29 is 18.0 Å². The largest absolute Gasteiger partial charge is 0.276 e. The lowest BCUT2D eigenvalue weighted by Gasteiger charge is -2.42. The molecule has 2 aliphatic carbocycles. The molecule has 1 saturated carbocycles. The maximum atomic E-state index is 12.6. The predicted octanol–water partition coefficient (Wildman–Crippen LogP) is 1.53. The maximum absolute atomic E-state index is 12.6. The minimum absolute atomic E-state index is 0.103. The van der Waals surface area contributed by atoms with Crippen LogP contribution in [0.5, 0.6) is 0 Å². The SMILES string of the molecule is O=C1C2CC=CCC2C(=O)N1C1CN(S(=O)(=O)CC2CCCCC2)C1. The first kappa shape index (κ1) is 17.2. The smallest absolute Gasteiger partial charge is 0.233 e. The van der Waals surface area contributed by atoms with Crippen LogP contribution >= 0.6 is 0 Å². The summed E-state index contributed by atoms with van der Waals surface area (Å²) in [5.41, 5.74) is 0. The fraction of sp³-hybridized carbons (Fsp3) is 0.778. The Kier molecular flexibility index (Phi) is 4.48. The van der Waals surface area contributed by atoms with E-state index < -0.39 is 10.0 Å². The molecule has 0 radical (unpaired) electrons. The highest BCUT2D eigenvalue weighted by Crippen LogP contribution is 2.38. The van der Waals surface area contributed by atoms with E-state index in [-0.39, 0.29) is 54.5 Å². The van der Waals surface area contributed by atoms with Crippen LogP contribution in [-0.4, -0.2) is 54.3 Å². The van der Waals surface area contributed by atoms with Gasteiger partial charge in [-0.25, -0.2) is 8.42 Å². The van der Waals surface area contributed by atoms with Crippen molar-refractivity contribution in [2.75, 3.05) is 18.8 Å². The van der Waals surface area contributed by atoms with Crippen molar-refractivity contribution in [1.29, 1.82) is 0 Å². The third kappa shape index (κ3) is 3.05. The number of fused-ring (bicyclic) bond motifs is 1. The van der Waals surface area contributed by atoms with Crippen molar-refractivity contribution in [2.45, 2.75) is 51.0 Å². The van der Waals surface area contributed by atoms with Crippen molar-refractivity contribution in [2.24, 2.45) is 17.8 Å². The molecular weight excluding hydrogens is 340 g/mol. The van der Waals surface area contributed by atoms with Gasteiger partial charge in [0.2, 0.25) is 21.8 Å². The Morgan fingerprint density at radius 1 is 0.920 bits per heavy atom. The van der Waals surface area contributed by atoms with Gasteiger partial charge in [-0.15, -0.1) is 0 Å². The fourth-order valence-electron chi connectivity index (χ4n) is 4.75. The third-order valence-corrected chi connectivity index (χ3v) is 8.28. The Labute approximate surface area is 149 Å². The van der Waals surface area contributed by atoms with Crippen LogP contribution in [0.1, 0.15) is 44.9 Å². The van der Waals surface area contributed by atoms with Crippen molar-refractivity contribution in [3.05, 3.63) is 12.2 Å². The van der Waals surface area contributed by atoms with Crippen LogP contribution in [0.15, 0.2) is 12.2 Å². The summed E-state index contributed by atoms with van der Waals surface area (Å²) in [4.78, 5) is 26.5. The van der Waals surface area contributed by atoms with Gasteiger partial charge < -0.3 is 0 Å². The number of carbonyl (C=O) groups is 2. The third-order valence-electron chi connectivity index (χ3n) is 6.30. The summed E-state index contributed by atoms with van der Waals surface area (Å²) in [6.07, 6.45) is 10.6. The van der Waals surface area contributed by atoms with Gasteiger partial charge in [-0.2, -0.15) is 4.31 Å². The molecule has 4 rings (SSSR count). The van der Waals surface area contributed by atoms with Crippen LogP contribution in [0.2, 0.25) is 0 Å². The molecule has 138 valence electrons. The molecule has 4 aliphatic rings. The molecule has 0 aromatic carbocycles. The zero-order valence-corrected chi connectivity index (χ0v) is 15.3. The summed E-state index contributed by atoms with van der Waals surface area (Å²) in [6, 6.07) is -0.272. The highest BCUT2D eigenvalue weighted by atomic mass is 32.2. The maximum Gasteiger partial charge on any atom is 0.233 e. The lowest BCUT2D eigenvalue weighted by atomic mass is 9.85. The molecule has 0 aromatic heterocycles. The Balaban J connectivity index is 1.37. The van der Waals surface area contributed by atoms with Crippen LogP contribution in [0.25, 0.3) is 0 Å². The zero-order chi connectivity index (χ0) is 17.6. The minimum atomic E-state index is -3.27. The molecule has 6 nitrogen and oxygen atoms in total. The van der Waals surface area contributed by atoms with E-state index in [1.54, 1.807) is 0 Å². The zero-order valence-electron chi connectivity index (χ0n) is 14.5. The highest BCUT2D eigenvalue weighted by Gasteiger charge is 2.53. The van der Waals surface area contributed by atoms with Gasteiger partial charge in [0.05, 0.1) is 23.6 Å². The first-order valence-corrected chi connectivity index (χ1v) is 11.1. The summed E-state index contributed by atoms with van der Waals surface area (Å²) in [5, 5.41) is 0. The van der Waals surface area contributed by atoms with E-state index in [4.69, 9.17) is 0 Å². The van der Waals surface area contributed by atoms with E-state index in [0.29, 0.717) is 12.8 Å². The number of rotatable bonds is 4. The quantitative estimate of drug-likeness (QED) is 0.559. The Morgan fingerprint density at radius 3 is 2.04 bits per heavy atom. The van der Waals surface area contributed by atoms with Crippen molar-refractivity contribution >= 4 is 21.8 Å². The monoisotopic (exact) mass is 366 g/mol. The van der Waals surface area contributed by atoms with Crippen LogP contribution in [0, 0.1) is 17.8 Å². The van der Waals surface area contributed by atoms with Gasteiger partial charge in [0.25, 0.3) is 0 Å². The minimum Gasteiger partial charge on any atom is -0.276 e. The summed E-state index contributed by atoms with van der Waals surface area (Å²) in [6.45, 7) is 0.554. The van der Waals surface area contributed by atoms with E-state index in [1.807, 2.05) is 12.2 Å². The van der Waals surface area contributed by atoms with Crippen molar-refractivity contribution in [3.63, 3.8) is 0 Å². The Bertz CT molecular complexity index is 664. The number of hydrogen-bond donors (Lipinski definition) is 0. The first-order chi connectivity index (χ1) is 12.0. The molecule has 2 heterocycles. The van der Waals surface area contributed by atoms with Crippen LogP contribution < -0.4 is 0 Å². The molecule has 2 atom stereocenters. The number of hydrogen-bond acceptors (Lipinski definition) is 4. The van der Waals surface area contributed by atoms with Gasteiger partial charge in [0.1, 0.15) is 0 Å². The number of carbonyl (C=O) groups excluding carboxylic acids is 2. The molecule has 0 spiro atoms. The molecule has 2 aliphatic heterocycles. The van der Waals surface area contributed by atoms with E-state index in [2.05, 4.69) is 0 Å².